The topological polar surface area (TPSA) is 50.9 Å². The summed E-state index contributed by atoms with van der Waals surface area (Å²) in [4.78, 5) is 4.33. The Kier molecular flexibility index (Phi) is 5.51. The van der Waals surface area contributed by atoms with Crippen molar-refractivity contribution in [2.24, 2.45) is 5.84 Å². The Morgan fingerprint density at radius 2 is 1.95 bits per heavy atom. The number of hydrazine groups is 1. The summed E-state index contributed by atoms with van der Waals surface area (Å²) in [5, 5.41) is 0. The minimum absolute atomic E-state index is 0.251. The van der Waals surface area contributed by atoms with Crippen LogP contribution in [0, 0.1) is 0 Å². The van der Waals surface area contributed by atoms with Crippen LogP contribution in [-0.2, 0) is 12.8 Å². The largest absolute Gasteiger partial charge is 0.271 e. The zero-order chi connectivity index (χ0) is 13.5. The highest BCUT2D eigenvalue weighted by Gasteiger charge is 2.10. The van der Waals surface area contributed by atoms with E-state index >= 15 is 0 Å². The van der Waals surface area contributed by atoms with Crippen LogP contribution >= 0.6 is 15.9 Å². The highest BCUT2D eigenvalue weighted by Crippen LogP contribution is 2.18. The van der Waals surface area contributed by atoms with Gasteiger partial charge in [0.2, 0.25) is 0 Å². The molecule has 0 aliphatic rings. The van der Waals surface area contributed by atoms with E-state index in [0.717, 1.165) is 29.4 Å². The fourth-order valence-corrected chi connectivity index (χ4v) is 2.49. The lowest BCUT2D eigenvalue weighted by molar-refractivity contribution is 0.488. The molecule has 0 bridgehead atoms. The van der Waals surface area contributed by atoms with Gasteiger partial charge in [0.05, 0.1) is 0 Å². The number of rotatable bonds is 6. The number of nitrogens with one attached hydrogen (secondary N) is 1. The maximum Gasteiger partial charge on any atom is 0.0404 e. The molecule has 0 aliphatic carbocycles. The first-order chi connectivity index (χ1) is 9.29. The molecule has 1 aromatic carbocycles. The third kappa shape index (κ3) is 4.42. The molecule has 19 heavy (non-hydrogen) atoms. The first-order valence-corrected chi connectivity index (χ1v) is 7.18. The lowest BCUT2D eigenvalue weighted by atomic mass is 10.0. The molecule has 0 fully saturated rings. The van der Waals surface area contributed by atoms with Gasteiger partial charge in [0.25, 0.3) is 0 Å². The first-order valence-electron chi connectivity index (χ1n) is 6.39. The molecule has 1 aromatic heterocycles. The minimum atomic E-state index is 0.251. The molecule has 1 unspecified atom stereocenters. The summed E-state index contributed by atoms with van der Waals surface area (Å²) in [6.07, 6.45) is 4.63. The Bertz CT molecular complexity index is 502. The predicted octanol–water partition coefficient (Wildman–Crippen LogP) is 2.85. The third-order valence-corrected chi connectivity index (χ3v) is 3.91. The Labute approximate surface area is 122 Å². The van der Waals surface area contributed by atoms with Crippen molar-refractivity contribution in [1.82, 2.24) is 10.4 Å². The van der Waals surface area contributed by atoms with Gasteiger partial charge in [0.1, 0.15) is 0 Å². The van der Waals surface area contributed by atoms with E-state index in [1.165, 1.54) is 5.56 Å². The molecule has 3 nitrogen and oxygen atoms in total. The van der Waals surface area contributed by atoms with Crippen LogP contribution in [-0.4, -0.2) is 11.0 Å². The molecule has 4 heteroatoms. The van der Waals surface area contributed by atoms with Gasteiger partial charge in [-0.15, -0.1) is 0 Å². The number of nitrogens with two attached hydrogens (primary N) is 1. The number of hydrogen-bond donors (Lipinski definition) is 2. The van der Waals surface area contributed by atoms with Gasteiger partial charge in [0, 0.05) is 22.4 Å². The van der Waals surface area contributed by atoms with Crippen LogP contribution in [0.2, 0.25) is 0 Å². The van der Waals surface area contributed by atoms with Crippen molar-refractivity contribution in [1.29, 1.82) is 0 Å². The van der Waals surface area contributed by atoms with Gasteiger partial charge >= 0.3 is 0 Å². The van der Waals surface area contributed by atoms with Crippen molar-refractivity contribution in [3.63, 3.8) is 0 Å². The third-order valence-electron chi connectivity index (χ3n) is 3.13. The summed E-state index contributed by atoms with van der Waals surface area (Å²) in [6.45, 7) is 0. The fourth-order valence-electron chi connectivity index (χ4n) is 2.04. The average Bonchev–Trinajstić information content (AvgIpc) is 2.46. The summed E-state index contributed by atoms with van der Waals surface area (Å²) in [5.41, 5.74) is 5.28. The molecular weight excluding hydrogens is 302 g/mol. The quantitative estimate of drug-likeness (QED) is 0.636. The molecular formula is C15H18BrN3. The van der Waals surface area contributed by atoms with Crippen molar-refractivity contribution in [3.05, 3.63) is 64.4 Å². The van der Waals surface area contributed by atoms with E-state index in [1.54, 1.807) is 0 Å². The summed E-state index contributed by atoms with van der Waals surface area (Å²) >= 11 is 3.57. The van der Waals surface area contributed by atoms with Crippen LogP contribution in [0.15, 0.2) is 53.1 Å². The van der Waals surface area contributed by atoms with Crippen molar-refractivity contribution < 1.29 is 0 Å². The number of halogens is 1. The van der Waals surface area contributed by atoms with Gasteiger partial charge in [-0.1, -0.05) is 40.2 Å². The Morgan fingerprint density at radius 3 is 2.63 bits per heavy atom. The van der Waals surface area contributed by atoms with E-state index in [1.807, 2.05) is 36.5 Å². The highest BCUT2D eigenvalue weighted by molar-refractivity contribution is 9.10. The van der Waals surface area contributed by atoms with Gasteiger partial charge in [-0.25, -0.2) is 0 Å². The Hall–Kier alpha value is -1.23. The number of aryl methyl sites for hydroxylation is 1. The molecule has 0 aliphatic heterocycles. The number of aromatic nitrogens is 1. The molecule has 3 N–H and O–H groups in total. The second-order valence-corrected chi connectivity index (χ2v) is 5.37. The van der Waals surface area contributed by atoms with E-state index in [4.69, 9.17) is 5.84 Å². The molecule has 100 valence electrons. The monoisotopic (exact) mass is 319 g/mol. The van der Waals surface area contributed by atoms with Gasteiger partial charge in [0.15, 0.2) is 0 Å². The molecule has 0 radical (unpaired) electrons. The smallest absolute Gasteiger partial charge is 0.0404 e. The maximum atomic E-state index is 5.65. The number of benzene rings is 1. The lowest BCUT2D eigenvalue weighted by Gasteiger charge is -2.16. The molecule has 1 heterocycles. The van der Waals surface area contributed by atoms with Crippen LogP contribution in [0.4, 0.5) is 0 Å². The van der Waals surface area contributed by atoms with Crippen LogP contribution in [0.5, 0.6) is 0 Å². The minimum Gasteiger partial charge on any atom is -0.271 e. The van der Waals surface area contributed by atoms with Crippen molar-refractivity contribution in [2.75, 3.05) is 0 Å². The Morgan fingerprint density at radius 1 is 1.16 bits per heavy atom. The highest BCUT2D eigenvalue weighted by atomic mass is 79.9. The molecule has 0 spiro atoms. The number of hydrogen-bond acceptors (Lipinski definition) is 3. The number of pyridine rings is 1. The van der Waals surface area contributed by atoms with Gasteiger partial charge in [-0.3, -0.25) is 16.3 Å². The van der Waals surface area contributed by atoms with Gasteiger partial charge in [-0.2, -0.15) is 0 Å². The number of nitrogens with zero attached hydrogens (tertiary/aromatic N) is 1. The van der Waals surface area contributed by atoms with Crippen LogP contribution < -0.4 is 11.3 Å². The first kappa shape index (κ1) is 14.2. The Balaban J connectivity index is 1.92. The molecule has 2 rings (SSSR count). The molecule has 0 saturated carbocycles. The predicted molar refractivity (Wildman–Crippen MR) is 81.5 cm³/mol. The summed E-state index contributed by atoms with van der Waals surface area (Å²) in [6, 6.07) is 14.5. The molecule has 0 amide bonds. The van der Waals surface area contributed by atoms with E-state index < -0.39 is 0 Å². The normalized spacial score (nSPS) is 12.3. The average molecular weight is 320 g/mol. The molecule has 0 saturated heterocycles. The van der Waals surface area contributed by atoms with Crippen LogP contribution in [0.25, 0.3) is 0 Å². The summed E-state index contributed by atoms with van der Waals surface area (Å²) in [5.74, 6) is 5.65. The van der Waals surface area contributed by atoms with Gasteiger partial charge < -0.3 is 0 Å². The molecule has 1 atom stereocenters. The standard InChI is InChI=1S/C15H18BrN3/c16-15-7-2-1-5-12(15)11-14(19-17)9-8-13-6-3-4-10-18-13/h1-7,10,14,19H,8-9,11,17H2. The van der Waals surface area contributed by atoms with Crippen molar-refractivity contribution in [2.45, 2.75) is 25.3 Å². The SMILES string of the molecule is NNC(CCc1ccccn1)Cc1ccccc1Br. The second kappa shape index (κ2) is 7.38. The van der Waals surface area contributed by atoms with E-state index in [0.29, 0.717) is 0 Å². The zero-order valence-corrected chi connectivity index (χ0v) is 12.3. The second-order valence-electron chi connectivity index (χ2n) is 4.52. The van der Waals surface area contributed by atoms with Crippen molar-refractivity contribution >= 4 is 15.9 Å². The van der Waals surface area contributed by atoms with E-state index in [-0.39, 0.29) is 6.04 Å². The van der Waals surface area contributed by atoms with Crippen LogP contribution in [0.3, 0.4) is 0 Å². The van der Waals surface area contributed by atoms with Gasteiger partial charge in [-0.05, 0) is 43.0 Å². The van der Waals surface area contributed by atoms with E-state index in [2.05, 4.69) is 38.5 Å². The molecule has 2 aromatic rings. The van der Waals surface area contributed by atoms with Crippen LogP contribution in [0.1, 0.15) is 17.7 Å². The zero-order valence-electron chi connectivity index (χ0n) is 10.7. The summed E-state index contributed by atoms with van der Waals surface area (Å²) in [7, 11) is 0. The lowest BCUT2D eigenvalue weighted by Crippen LogP contribution is -2.37. The maximum absolute atomic E-state index is 5.65. The van der Waals surface area contributed by atoms with Crippen molar-refractivity contribution in [3.8, 4) is 0 Å². The van der Waals surface area contributed by atoms with E-state index in [9.17, 15) is 0 Å². The fraction of sp³-hybridized carbons (Fsp3) is 0.267. The summed E-state index contributed by atoms with van der Waals surface area (Å²) < 4.78 is 1.13.